The maximum Gasteiger partial charge on any atom is 0.298 e. The summed E-state index contributed by atoms with van der Waals surface area (Å²) in [6.45, 7) is 5.39. The highest BCUT2D eigenvalue weighted by Crippen LogP contribution is 2.17. The molecule has 1 amide bonds. The molecule has 0 spiro atoms. The summed E-state index contributed by atoms with van der Waals surface area (Å²) in [6.07, 6.45) is 3.81. The molecule has 1 aromatic rings. The highest BCUT2D eigenvalue weighted by Gasteiger charge is 2.20. The van der Waals surface area contributed by atoms with Crippen LogP contribution in [0.25, 0.3) is 0 Å². The summed E-state index contributed by atoms with van der Waals surface area (Å²) in [5.41, 5.74) is 2.39. The number of aromatic nitrogens is 2. The van der Waals surface area contributed by atoms with Crippen LogP contribution >= 0.6 is 0 Å². The Morgan fingerprint density at radius 3 is 3.00 bits per heavy atom. The van der Waals surface area contributed by atoms with Crippen molar-refractivity contribution >= 4 is 5.91 Å². The minimum Gasteiger partial charge on any atom is -0.327 e. The minimum atomic E-state index is -0.0691. The fourth-order valence-electron chi connectivity index (χ4n) is 2.14. The molecule has 0 fully saturated rings. The van der Waals surface area contributed by atoms with Crippen LogP contribution in [0.2, 0.25) is 0 Å². The molecule has 4 heteroatoms. The van der Waals surface area contributed by atoms with E-state index in [1.807, 2.05) is 36.7 Å². The molecule has 0 saturated carbocycles. The lowest BCUT2D eigenvalue weighted by Gasteiger charge is -2.16. The summed E-state index contributed by atoms with van der Waals surface area (Å²) in [5, 5.41) is 4.25. The topological polar surface area (TPSA) is 38.1 Å². The lowest BCUT2D eigenvalue weighted by atomic mass is 10.2. The maximum absolute atomic E-state index is 12.0. The largest absolute Gasteiger partial charge is 0.327 e. The van der Waals surface area contributed by atoms with Gasteiger partial charge in [-0.25, -0.2) is 0 Å². The number of carbonyl (C=O) groups excluding carboxylic acids is 1. The Labute approximate surface area is 108 Å². The summed E-state index contributed by atoms with van der Waals surface area (Å²) < 4.78 is 1.91. The van der Waals surface area contributed by atoms with Crippen molar-refractivity contribution in [2.24, 2.45) is 13.0 Å². The molecule has 4 nitrogen and oxygen atoms in total. The Morgan fingerprint density at radius 2 is 2.28 bits per heavy atom. The molecule has 2 heterocycles. The molecule has 96 valence electrons. The number of hydrogen-bond acceptors (Lipinski definition) is 2. The Morgan fingerprint density at radius 1 is 1.50 bits per heavy atom. The zero-order valence-corrected chi connectivity index (χ0v) is 11.2. The summed E-state index contributed by atoms with van der Waals surface area (Å²) in [5.74, 6) is 5.82. The van der Waals surface area contributed by atoms with Gasteiger partial charge in [0.15, 0.2) is 0 Å². The molecule has 0 bridgehead atoms. The second-order valence-electron chi connectivity index (χ2n) is 4.99. The normalized spacial score (nSPS) is 14.8. The first kappa shape index (κ1) is 12.7. The van der Waals surface area contributed by atoms with Crippen molar-refractivity contribution in [2.45, 2.75) is 33.2 Å². The first-order valence-corrected chi connectivity index (χ1v) is 6.38. The minimum absolute atomic E-state index is 0.0691. The van der Waals surface area contributed by atoms with Gasteiger partial charge in [-0.1, -0.05) is 19.8 Å². The molecule has 0 aromatic carbocycles. The molecule has 0 saturated heterocycles. The standard InChI is InChI=1S/C14H19N3O/c1-11(2)6-7-14(18)17-8-4-5-13-12(10-17)9-15-16(13)3/h9,11H,4-5,8,10H2,1-3H3. The van der Waals surface area contributed by atoms with Gasteiger partial charge in [-0.15, -0.1) is 0 Å². The summed E-state index contributed by atoms with van der Waals surface area (Å²) in [6, 6.07) is 0. The van der Waals surface area contributed by atoms with Crippen LogP contribution in [0.3, 0.4) is 0 Å². The van der Waals surface area contributed by atoms with Crippen molar-refractivity contribution in [3.8, 4) is 11.8 Å². The van der Waals surface area contributed by atoms with Crippen molar-refractivity contribution in [1.29, 1.82) is 0 Å². The first-order chi connectivity index (χ1) is 8.58. The molecule has 0 radical (unpaired) electrons. The molecular weight excluding hydrogens is 226 g/mol. The number of aryl methyl sites for hydroxylation is 1. The van der Waals surface area contributed by atoms with Crippen molar-refractivity contribution < 1.29 is 4.79 Å². The molecule has 0 atom stereocenters. The van der Waals surface area contributed by atoms with E-state index in [0.29, 0.717) is 6.54 Å². The molecule has 1 aliphatic heterocycles. The van der Waals surface area contributed by atoms with E-state index < -0.39 is 0 Å². The van der Waals surface area contributed by atoms with Crippen LogP contribution in [0.15, 0.2) is 6.20 Å². The zero-order chi connectivity index (χ0) is 13.1. The smallest absolute Gasteiger partial charge is 0.298 e. The van der Waals surface area contributed by atoms with Crippen molar-refractivity contribution in [3.05, 3.63) is 17.5 Å². The number of fused-ring (bicyclic) bond motifs is 1. The van der Waals surface area contributed by atoms with E-state index in [9.17, 15) is 4.79 Å². The fourth-order valence-corrected chi connectivity index (χ4v) is 2.14. The third kappa shape index (κ3) is 2.73. The Hall–Kier alpha value is -1.76. The molecule has 0 unspecified atom stereocenters. The predicted molar refractivity (Wildman–Crippen MR) is 69.6 cm³/mol. The van der Waals surface area contributed by atoms with Gasteiger partial charge < -0.3 is 4.90 Å². The quantitative estimate of drug-likeness (QED) is 0.647. The van der Waals surface area contributed by atoms with E-state index in [1.54, 1.807) is 0 Å². The van der Waals surface area contributed by atoms with E-state index in [0.717, 1.165) is 24.9 Å². The Kier molecular flexibility index (Phi) is 3.71. The highest BCUT2D eigenvalue weighted by atomic mass is 16.2. The van der Waals surface area contributed by atoms with E-state index in [2.05, 4.69) is 16.9 Å². The lowest BCUT2D eigenvalue weighted by molar-refractivity contribution is -0.125. The van der Waals surface area contributed by atoms with Gasteiger partial charge in [0.05, 0.1) is 6.20 Å². The molecule has 1 aromatic heterocycles. The van der Waals surface area contributed by atoms with Crippen LogP contribution in [0, 0.1) is 17.8 Å². The van der Waals surface area contributed by atoms with Crippen LogP contribution in [0.1, 0.15) is 31.5 Å². The van der Waals surface area contributed by atoms with E-state index in [1.165, 1.54) is 5.69 Å². The lowest BCUT2D eigenvalue weighted by Crippen LogP contribution is -2.29. The molecular formula is C14H19N3O. The zero-order valence-electron chi connectivity index (χ0n) is 11.2. The Balaban J connectivity index is 2.13. The number of hydrogen-bond donors (Lipinski definition) is 0. The van der Waals surface area contributed by atoms with Gasteiger partial charge in [0.2, 0.25) is 0 Å². The molecule has 2 rings (SSSR count). The van der Waals surface area contributed by atoms with Gasteiger partial charge in [-0.2, -0.15) is 5.10 Å². The number of nitrogens with zero attached hydrogens (tertiary/aromatic N) is 3. The van der Waals surface area contributed by atoms with Gasteiger partial charge in [-0.05, 0) is 18.8 Å². The number of rotatable bonds is 0. The Bertz CT molecular complexity index is 505. The third-order valence-corrected chi connectivity index (χ3v) is 3.11. The molecule has 0 N–H and O–H groups in total. The second-order valence-corrected chi connectivity index (χ2v) is 4.99. The van der Waals surface area contributed by atoms with Gasteiger partial charge >= 0.3 is 0 Å². The predicted octanol–water partition coefficient (Wildman–Crippen LogP) is 1.35. The average molecular weight is 245 g/mol. The highest BCUT2D eigenvalue weighted by molar-refractivity contribution is 5.93. The van der Waals surface area contributed by atoms with Crippen molar-refractivity contribution in [1.82, 2.24) is 14.7 Å². The van der Waals surface area contributed by atoms with Gasteiger partial charge in [0.25, 0.3) is 5.91 Å². The summed E-state index contributed by atoms with van der Waals surface area (Å²) in [4.78, 5) is 13.8. The number of carbonyl (C=O) groups is 1. The molecule has 1 aliphatic rings. The molecule has 18 heavy (non-hydrogen) atoms. The maximum atomic E-state index is 12.0. The van der Waals surface area contributed by atoms with Crippen LogP contribution in [0.4, 0.5) is 0 Å². The first-order valence-electron chi connectivity index (χ1n) is 6.38. The third-order valence-electron chi connectivity index (χ3n) is 3.11. The van der Waals surface area contributed by atoms with Gasteiger partial charge in [0.1, 0.15) is 0 Å². The van der Waals surface area contributed by atoms with Crippen LogP contribution in [-0.2, 0) is 24.8 Å². The van der Waals surface area contributed by atoms with Crippen molar-refractivity contribution in [3.63, 3.8) is 0 Å². The van der Waals surface area contributed by atoms with Gasteiger partial charge in [0, 0.05) is 37.3 Å². The van der Waals surface area contributed by atoms with E-state index in [-0.39, 0.29) is 11.8 Å². The SMILES string of the molecule is CC(C)C#CC(=O)N1CCCc2c(cnn2C)C1. The van der Waals surface area contributed by atoms with Crippen molar-refractivity contribution in [2.75, 3.05) is 6.54 Å². The average Bonchev–Trinajstić information content (AvgIpc) is 2.56. The number of amides is 1. The monoisotopic (exact) mass is 245 g/mol. The van der Waals surface area contributed by atoms with Crippen LogP contribution < -0.4 is 0 Å². The molecule has 0 aliphatic carbocycles. The van der Waals surface area contributed by atoms with E-state index in [4.69, 9.17) is 0 Å². The van der Waals surface area contributed by atoms with Crippen LogP contribution in [0.5, 0.6) is 0 Å². The van der Waals surface area contributed by atoms with Gasteiger partial charge in [-0.3, -0.25) is 9.48 Å². The fraction of sp³-hybridized carbons (Fsp3) is 0.571. The van der Waals surface area contributed by atoms with E-state index >= 15 is 0 Å². The summed E-state index contributed by atoms with van der Waals surface area (Å²) >= 11 is 0. The van der Waals surface area contributed by atoms with Crippen LogP contribution in [-0.4, -0.2) is 27.1 Å². The second kappa shape index (κ2) is 5.26. The summed E-state index contributed by atoms with van der Waals surface area (Å²) in [7, 11) is 1.95.